The largest absolute Gasteiger partial charge is 0.354 e. The molecule has 20 heavy (non-hydrogen) atoms. The second kappa shape index (κ2) is 9.93. The highest BCUT2D eigenvalue weighted by Gasteiger charge is 2.20. The molecule has 0 heterocycles. The minimum absolute atomic E-state index is 0.471. The van der Waals surface area contributed by atoms with Gasteiger partial charge in [-0.2, -0.15) is 0 Å². The van der Waals surface area contributed by atoms with Crippen molar-refractivity contribution in [2.45, 2.75) is 39.5 Å². The SMILES string of the molecule is CCCCOP(=O)(/C=C\c1ccccc1)OCCCC. The summed E-state index contributed by atoms with van der Waals surface area (Å²) in [6.07, 6.45) is 5.61. The summed E-state index contributed by atoms with van der Waals surface area (Å²) in [5, 5.41) is 0. The van der Waals surface area contributed by atoms with E-state index >= 15 is 0 Å². The number of unbranched alkanes of at least 4 members (excludes halogenated alkanes) is 2. The van der Waals surface area contributed by atoms with E-state index in [0.717, 1.165) is 31.2 Å². The molecule has 0 amide bonds. The zero-order valence-electron chi connectivity index (χ0n) is 12.5. The van der Waals surface area contributed by atoms with Gasteiger partial charge in [-0.3, -0.25) is 4.57 Å². The molecule has 0 radical (unpaired) electrons. The Hall–Kier alpha value is -0.890. The molecule has 4 heteroatoms. The molecule has 112 valence electrons. The Morgan fingerprint density at radius 2 is 1.55 bits per heavy atom. The highest BCUT2D eigenvalue weighted by atomic mass is 31.2. The third-order valence-electron chi connectivity index (χ3n) is 2.79. The maximum absolute atomic E-state index is 12.6. The van der Waals surface area contributed by atoms with Gasteiger partial charge in [0.1, 0.15) is 0 Å². The third-order valence-corrected chi connectivity index (χ3v) is 4.39. The highest BCUT2D eigenvalue weighted by Crippen LogP contribution is 2.50. The van der Waals surface area contributed by atoms with Crippen LogP contribution in [0.3, 0.4) is 0 Å². The van der Waals surface area contributed by atoms with Crippen molar-refractivity contribution < 1.29 is 13.6 Å². The summed E-state index contributed by atoms with van der Waals surface area (Å²) >= 11 is 0. The predicted molar refractivity (Wildman–Crippen MR) is 84.8 cm³/mol. The molecule has 0 unspecified atom stereocenters. The van der Waals surface area contributed by atoms with Crippen LogP contribution in [-0.4, -0.2) is 13.2 Å². The van der Waals surface area contributed by atoms with Crippen molar-refractivity contribution >= 4 is 13.7 Å². The van der Waals surface area contributed by atoms with E-state index in [1.807, 2.05) is 30.3 Å². The lowest BCUT2D eigenvalue weighted by atomic mass is 10.2. The van der Waals surface area contributed by atoms with Crippen LogP contribution in [0.2, 0.25) is 0 Å². The van der Waals surface area contributed by atoms with Crippen LogP contribution in [-0.2, 0) is 13.6 Å². The summed E-state index contributed by atoms with van der Waals surface area (Å²) in [6.45, 7) is 5.09. The number of benzene rings is 1. The Morgan fingerprint density at radius 1 is 1.00 bits per heavy atom. The van der Waals surface area contributed by atoms with E-state index in [-0.39, 0.29) is 0 Å². The van der Waals surface area contributed by atoms with Gasteiger partial charge in [-0.1, -0.05) is 57.0 Å². The first kappa shape index (κ1) is 17.2. The van der Waals surface area contributed by atoms with Crippen molar-refractivity contribution in [3.63, 3.8) is 0 Å². The van der Waals surface area contributed by atoms with Crippen molar-refractivity contribution in [3.8, 4) is 0 Å². The summed E-state index contributed by atoms with van der Waals surface area (Å²) in [6, 6.07) is 9.76. The fourth-order valence-electron chi connectivity index (χ4n) is 1.54. The van der Waals surface area contributed by atoms with Gasteiger partial charge in [0.2, 0.25) is 0 Å². The van der Waals surface area contributed by atoms with Crippen LogP contribution in [0, 0.1) is 0 Å². The Balaban J connectivity index is 2.65. The lowest BCUT2D eigenvalue weighted by molar-refractivity contribution is 0.208. The van der Waals surface area contributed by atoms with E-state index in [4.69, 9.17) is 9.05 Å². The quantitative estimate of drug-likeness (QED) is 0.423. The molecule has 0 saturated carbocycles. The zero-order valence-corrected chi connectivity index (χ0v) is 13.4. The molecule has 0 aromatic heterocycles. The van der Waals surface area contributed by atoms with Crippen LogP contribution in [0.4, 0.5) is 0 Å². The summed E-state index contributed by atoms with van der Waals surface area (Å²) in [5.41, 5.74) is 0.992. The Kier molecular flexibility index (Phi) is 8.52. The molecule has 3 nitrogen and oxygen atoms in total. The smallest absolute Gasteiger partial charge is 0.306 e. The molecule has 0 spiro atoms. The molecule has 0 aliphatic carbocycles. The maximum atomic E-state index is 12.6. The van der Waals surface area contributed by atoms with Gasteiger partial charge in [-0.15, -0.1) is 0 Å². The summed E-state index contributed by atoms with van der Waals surface area (Å²) in [4.78, 5) is 0. The second-order valence-corrected chi connectivity index (χ2v) is 6.53. The zero-order chi connectivity index (χ0) is 14.7. The molecule has 1 rings (SSSR count). The summed E-state index contributed by atoms with van der Waals surface area (Å²) in [5.74, 6) is 1.58. The lowest BCUT2D eigenvalue weighted by Gasteiger charge is -2.15. The van der Waals surface area contributed by atoms with Crippen LogP contribution < -0.4 is 0 Å². The van der Waals surface area contributed by atoms with Gasteiger partial charge in [0.25, 0.3) is 0 Å². The third kappa shape index (κ3) is 7.04. The van der Waals surface area contributed by atoms with Crippen molar-refractivity contribution in [1.82, 2.24) is 0 Å². The molecule has 0 aliphatic rings. The first-order valence-electron chi connectivity index (χ1n) is 7.33. The van der Waals surface area contributed by atoms with Crippen LogP contribution in [0.25, 0.3) is 6.08 Å². The van der Waals surface area contributed by atoms with Crippen LogP contribution in [0.15, 0.2) is 36.1 Å². The van der Waals surface area contributed by atoms with E-state index < -0.39 is 7.60 Å². The standard InChI is InChI=1S/C16H25O3P/c1-3-5-13-18-20(17,19-14-6-4-2)15-12-16-10-8-7-9-11-16/h7-12,15H,3-6,13-14H2,1-2H3/b15-12-. The first-order chi connectivity index (χ1) is 9.70. The minimum atomic E-state index is -3.12. The predicted octanol–water partition coefficient (Wildman–Crippen LogP) is 5.48. The fraction of sp³-hybridized carbons (Fsp3) is 0.500. The molecule has 0 fully saturated rings. The van der Waals surface area contributed by atoms with Crippen LogP contribution in [0.5, 0.6) is 0 Å². The molecule has 0 saturated heterocycles. The Bertz CT molecular complexity index is 415. The van der Waals surface area contributed by atoms with Gasteiger partial charge in [0.15, 0.2) is 0 Å². The van der Waals surface area contributed by atoms with Gasteiger partial charge in [0.05, 0.1) is 13.2 Å². The molecule has 1 aromatic rings. The van der Waals surface area contributed by atoms with Crippen molar-refractivity contribution in [2.24, 2.45) is 0 Å². The monoisotopic (exact) mass is 296 g/mol. The molecule has 0 N–H and O–H groups in total. The highest BCUT2D eigenvalue weighted by molar-refractivity contribution is 7.57. The maximum Gasteiger partial charge on any atom is 0.354 e. The van der Waals surface area contributed by atoms with Crippen molar-refractivity contribution in [2.75, 3.05) is 13.2 Å². The number of rotatable bonds is 10. The number of hydrogen-bond donors (Lipinski definition) is 0. The average Bonchev–Trinajstić information content (AvgIpc) is 2.47. The second-order valence-electron chi connectivity index (χ2n) is 4.64. The van der Waals surface area contributed by atoms with Crippen molar-refractivity contribution in [3.05, 3.63) is 41.7 Å². The minimum Gasteiger partial charge on any atom is -0.306 e. The van der Waals surface area contributed by atoms with Gasteiger partial charge in [0, 0.05) is 5.82 Å². The van der Waals surface area contributed by atoms with Crippen LogP contribution >= 0.6 is 7.60 Å². The Morgan fingerprint density at radius 3 is 2.05 bits per heavy atom. The van der Waals surface area contributed by atoms with E-state index in [2.05, 4.69) is 13.8 Å². The van der Waals surface area contributed by atoms with Gasteiger partial charge >= 0.3 is 7.60 Å². The lowest BCUT2D eigenvalue weighted by Crippen LogP contribution is -1.97. The topological polar surface area (TPSA) is 35.5 Å². The summed E-state index contributed by atoms with van der Waals surface area (Å²) in [7, 11) is -3.12. The van der Waals surface area contributed by atoms with E-state index in [1.165, 1.54) is 0 Å². The Labute approximate surface area is 122 Å². The summed E-state index contributed by atoms with van der Waals surface area (Å²) < 4.78 is 23.6. The number of hydrogen-bond acceptors (Lipinski definition) is 3. The van der Waals surface area contributed by atoms with E-state index in [9.17, 15) is 4.57 Å². The van der Waals surface area contributed by atoms with Gasteiger partial charge in [-0.05, 0) is 24.5 Å². The molecule has 0 bridgehead atoms. The molecular weight excluding hydrogens is 271 g/mol. The average molecular weight is 296 g/mol. The van der Waals surface area contributed by atoms with E-state index in [1.54, 1.807) is 11.9 Å². The van der Waals surface area contributed by atoms with Gasteiger partial charge in [-0.25, -0.2) is 0 Å². The molecular formula is C16H25O3P. The molecule has 0 atom stereocenters. The van der Waals surface area contributed by atoms with Crippen molar-refractivity contribution in [1.29, 1.82) is 0 Å². The normalized spacial score (nSPS) is 12.1. The molecule has 1 aromatic carbocycles. The van der Waals surface area contributed by atoms with E-state index in [0.29, 0.717) is 13.2 Å². The fourth-order valence-corrected chi connectivity index (χ4v) is 2.91. The van der Waals surface area contributed by atoms with Gasteiger partial charge < -0.3 is 9.05 Å². The first-order valence-corrected chi connectivity index (χ1v) is 8.94. The molecule has 0 aliphatic heterocycles. The van der Waals surface area contributed by atoms with Crippen LogP contribution in [0.1, 0.15) is 45.1 Å².